The van der Waals surface area contributed by atoms with Crippen molar-refractivity contribution in [1.82, 2.24) is 14.9 Å². The molecule has 142 valence electrons. The molecule has 2 heterocycles. The fourth-order valence-corrected chi connectivity index (χ4v) is 3.29. The van der Waals surface area contributed by atoms with Crippen molar-refractivity contribution >= 4 is 39.9 Å². The molecule has 0 radical (unpaired) electrons. The Kier molecular flexibility index (Phi) is 5.32. The highest BCUT2D eigenvalue weighted by Gasteiger charge is 2.21. The van der Waals surface area contributed by atoms with Crippen LogP contribution in [-0.2, 0) is 18.3 Å². The van der Waals surface area contributed by atoms with E-state index in [0.29, 0.717) is 17.8 Å². The highest BCUT2D eigenvalue weighted by molar-refractivity contribution is 7.12. The average molecular weight is 385 g/mol. The van der Waals surface area contributed by atoms with Crippen LogP contribution in [0.2, 0.25) is 0 Å². The van der Waals surface area contributed by atoms with E-state index in [4.69, 9.17) is 0 Å². The van der Waals surface area contributed by atoms with E-state index < -0.39 is 5.41 Å². The number of imidazole rings is 1. The van der Waals surface area contributed by atoms with E-state index in [9.17, 15) is 9.59 Å². The molecular weight excluding hydrogens is 360 g/mol. The van der Waals surface area contributed by atoms with Crippen molar-refractivity contribution < 1.29 is 9.59 Å². The predicted molar refractivity (Wildman–Crippen MR) is 109 cm³/mol. The monoisotopic (exact) mass is 384 g/mol. The SMILES string of the molecule is Cn1c(CCNC(=O)c2cccs2)nc2cc(NC(=O)C(C)(C)C)ccc21. The van der Waals surface area contributed by atoms with Crippen LogP contribution < -0.4 is 10.6 Å². The minimum absolute atomic E-state index is 0.0331. The van der Waals surface area contributed by atoms with Crippen LogP contribution in [0.4, 0.5) is 5.69 Å². The van der Waals surface area contributed by atoms with Crippen molar-refractivity contribution in [3.8, 4) is 0 Å². The van der Waals surface area contributed by atoms with E-state index >= 15 is 0 Å². The molecule has 0 aliphatic carbocycles. The molecule has 3 aromatic rings. The number of nitrogens with one attached hydrogen (secondary N) is 2. The maximum Gasteiger partial charge on any atom is 0.261 e. The zero-order valence-corrected chi connectivity index (χ0v) is 16.8. The summed E-state index contributed by atoms with van der Waals surface area (Å²) in [4.78, 5) is 29.6. The Morgan fingerprint density at radius 2 is 2.00 bits per heavy atom. The zero-order valence-electron chi connectivity index (χ0n) is 16.0. The summed E-state index contributed by atoms with van der Waals surface area (Å²) in [5.41, 5.74) is 2.09. The Bertz CT molecular complexity index is 968. The number of aryl methyl sites for hydroxylation is 1. The highest BCUT2D eigenvalue weighted by atomic mass is 32.1. The molecule has 0 bridgehead atoms. The summed E-state index contributed by atoms with van der Waals surface area (Å²) in [6, 6.07) is 9.39. The fourth-order valence-electron chi connectivity index (χ4n) is 2.65. The van der Waals surface area contributed by atoms with E-state index in [1.54, 1.807) is 0 Å². The van der Waals surface area contributed by atoms with Crippen LogP contribution in [0.3, 0.4) is 0 Å². The number of benzene rings is 1. The van der Waals surface area contributed by atoms with Crippen molar-refractivity contribution in [2.24, 2.45) is 12.5 Å². The number of aromatic nitrogens is 2. The average Bonchev–Trinajstić information content (AvgIpc) is 3.23. The number of nitrogens with zero attached hydrogens (tertiary/aromatic N) is 2. The second-order valence-electron chi connectivity index (χ2n) is 7.48. The first-order valence-electron chi connectivity index (χ1n) is 8.84. The Morgan fingerprint density at radius 3 is 2.67 bits per heavy atom. The molecule has 1 aromatic carbocycles. The third-order valence-electron chi connectivity index (χ3n) is 4.29. The Labute approximate surface area is 162 Å². The van der Waals surface area contributed by atoms with E-state index in [0.717, 1.165) is 22.5 Å². The summed E-state index contributed by atoms with van der Waals surface area (Å²) in [5.74, 6) is 0.793. The van der Waals surface area contributed by atoms with Gasteiger partial charge in [0.15, 0.2) is 0 Å². The first-order valence-corrected chi connectivity index (χ1v) is 9.72. The summed E-state index contributed by atoms with van der Waals surface area (Å²) in [7, 11) is 1.96. The molecule has 6 nitrogen and oxygen atoms in total. The van der Waals surface area contributed by atoms with Gasteiger partial charge >= 0.3 is 0 Å². The number of thiophene rings is 1. The van der Waals surface area contributed by atoms with Crippen LogP contribution in [0.1, 0.15) is 36.3 Å². The minimum Gasteiger partial charge on any atom is -0.351 e. The van der Waals surface area contributed by atoms with Crippen LogP contribution in [0.15, 0.2) is 35.7 Å². The molecule has 0 saturated carbocycles. The molecule has 0 spiro atoms. The molecular formula is C20H24N4O2S. The highest BCUT2D eigenvalue weighted by Crippen LogP contribution is 2.22. The fraction of sp³-hybridized carbons (Fsp3) is 0.350. The maximum absolute atomic E-state index is 12.2. The van der Waals surface area contributed by atoms with E-state index in [1.165, 1.54) is 11.3 Å². The normalized spacial score (nSPS) is 11.6. The Hall–Kier alpha value is -2.67. The summed E-state index contributed by atoms with van der Waals surface area (Å²) < 4.78 is 2.02. The summed E-state index contributed by atoms with van der Waals surface area (Å²) in [6.07, 6.45) is 0.631. The van der Waals surface area contributed by atoms with Crippen LogP contribution in [0, 0.1) is 5.41 Å². The lowest BCUT2D eigenvalue weighted by Gasteiger charge is -2.17. The van der Waals surface area contributed by atoms with Crippen molar-refractivity contribution in [2.45, 2.75) is 27.2 Å². The van der Waals surface area contributed by atoms with Crippen molar-refractivity contribution in [3.63, 3.8) is 0 Å². The zero-order chi connectivity index (χ0) is 19.6. The van der Waals surface area contributed by atoms with Crippen molar-refractivity contribution in [2.75, 3.05) is 11.9 Å². The van der Waals surface area contributed by atoms with Gasteiger partial charge in [0, 0.05) is 31.1 Å². The van der Waals surface area contributed by atoms with E-state index in [2.05, 4.69) is 15.6 Å². The van der Waals surface area contributed by atoms with Gasteiger partial charge in [0.1, 0.15) is 5.82 Å². The lowest BCUT2D eigenvalue weighted by Crippen LogP contribution is -2.27. The molecule has 0 unspecified atom stereocenters. The molecule has 0 aliphatic rings. The van der Waals surface area contributed by atoms with Crippen LogP contribution >= 0.6 is 11.3 Å². The molecule has 7 heteroatoms. The summed E-state index contributed by atoms with van der Waals surface area (Å²) in [5, 5.41) is 7.74. The maximum atomic E-state index is 12.2. The molecule has 2 amide bonds. The van der Waals surface area contributed by atoms with E-state index in [-0.39, 0.29) is 11.8 Å². The van der Waals surface area contributed by atoms with Gasteiger partial charge in [-0.1, -0.05) is 26.8 Å². The van der Waals surface area contributed by atoms with Crippen LogP contribution in [0.5, 0.6) is 0 Å². The van der Waals surface area contributed by atoms with Crippen molar-refractivity contribution in [3.05, 3.63) is 46.4 Å². The minimum atomic E-state index is -0.453. The van der Waals surface area contributed by atoms with Gasteiger partial charge in [0.25, 0.3) is 5.91 Å². The second-order valence-corrected chi connectivity index (χ2v) is 8.43. The number of hydrogen-bond donors (Lipinski definition) is 2. The molecule has 2 aromatic heterocycles. The van der Waals surface area contributed by atoms with Crippen LogP contribution in [-0.4, -0.2) is 27.9 Å². The van der Waals surface area contributed by atoms with E-state index in [1.807, 2.05) is 68.1 Å². The molecule has 0 atom stereocenters. The van der Waals surface area contributed by atoms with Gasteiger partial charge in [-0.2, -0.15) is 0 Å². The quantitative estimate of drug-likeness (QED) is 0.706. The Morgan fingerprint density at radius 1 is 1.22 bits per heavy atom. The van der Waals surface area contributed by atoms with Gasteiger partial charge < -0.3 is 15.2 Å². The molecule has 27 heavy (non-hydrogen) atoms. The number of fused-ring (bicyclic) bond motifs is 1. The number of hydrogen-bond acceptors (Lipinski definition) is 4. The molecule has 0 fully saturated rings. The Balaban J connectivity index is 1.69. The third kappa shape index (κ3) is 4.36. The molecule has 2 N–H and O–H groups in total. The smallest absolute Gasteiger partial charge is 0.261 e. The predicted octanol–water partition coefficient (Wildman–Crippen LogP) is 3.59. The summed E-state index contributed by atoms with van der Waals surface area (Å²) in [6.45, 7) is 6.15. The van der Waals surface area contributed by atoms with Gasteiger partial charge in [-0.3, -0.25) is 9.59 Å². The summed E-state index contributed by atoms with van der Waals surface area (Å²) >= 11 is 1.42. The number of carbonyl (C=O) groups excluding carboxylic acids is 2. The standard InChI is InChI=1S/C20H24N4O2S/c1-20(2,3)19(26)22-13-7-8-15-14(12-13)23-17(24(15)4)9-10-21-18(25)16-6-5-11-27-16/h5-8,11-12H,9-10H2,1-4H3,(H,21,25)(H,22,26). The van der Waals surface area contributed by atoms with Gasteiger partial charge in [0.2, 0.25) is 5.91 Å². The second kappa shape index (κ2) is 7.52. The van der Waals surface area contributed by atoms with Gasteiger partial charge in [-0.25, -0.2) is 4.98 Å². The molecule has 0 saturated heterocycles. The van der Waals surface area contributed by atoms with Gasteiger partial charge in [-0.05, 0) is 29.6 Å². The lowest BCUT2D eigenvalue weighted by molar-refractivity contribution is -0.123. The van der Waals surface area contributed by atoms with Gasteiger partial charge in [0.05, 0.1) is 15.9 Å². The third-order valence-corrected chi connectivity index (χ3v) is 5.16. The number of carbonyl (C=O) groups is 2. The first kappa shape index (κ1) is 19.1. The largest absolute Gasteiger partial charge is 0.351 e. The molecule has 3 rings (SSSR count). The number of amides is 2. The number of rotatable bonds is 5. The first-order chi connectivity index (χ1) is 12.8. The van der Waals surface area contributed by atoms with Crippen molar-refractivity contribution in [1.29, 1.82) is 0 Å². The number of anilines is 1. The molecule has 0 aliphatic heterocycles. The topological polar surface area (TPSA) is 76.0 Å². The van der Waals surface area contributed by atoms with Gasteiger partial charge in [-0.15, -0.1) is 11.3 Å². The van der Waals surface area contributed by atoms with Crippen LogP contribution in [0.25, 0.3) is 11.0 Å². The lowest BCUT2D eigenvalue weighted by atomic mass is 9.95.